The molecule has 0 spiro atoms. The molecule has 0 unspecified atom stereocenters. The van der Waals surface area contributed by atoms with Gasteiger partial charge in [-0.05, 0) is 12.1 Å². The predicted molar refractivity (Wildman–Crippen MR) is 56.5 cm³/mol. The topological polar surface area (TPSA) is 67.9 Å². The van der Waals surface area contributed by atoms with E-state index < -0.39 is 6.09 Å². The first-order valence-corrected chi connectivity index (χ1v) is 4.50. The monoisotopic (exact) mass is 205 g/mol. The number of nitrogens with two attached hydrogens (primary N) is 1. The van der Waals surface area contributed by atoms with E-state index in [0.29, 0.717) is 5.69 Å². The van der Waals surface area contributed by atoms with Crippen molar-refractivity contribution in [3.8, 4) is 0 Å². The molecule has 0 fully saturated rings. The summed E-state index contributed by atoms with van der Waals surface area (Å²) in [6.07, 6.45) is -0.436. The summed E-state index contributed by atoms with van der Waals surface area (Å²) in [5.74, 6) is 0. The molecule has 78 valence electrons. The molecule has 1 aromatic rings. The lowest BCUT2D eigenvalue weighted by Crippen LogP contribution is -2.32. The molecule has 0 aliphatic carbocycles. The van der Waals surface area contributed by atoms with Gasteiger partial charge in [-0.1, -0.05) is 12.1 Å². The highest BCUT2D eigenvalue weighted by Crippen LogP contribution is 2.11. The third kappa shape index (κ3) is 1.90. The lowest BCUT2D eigenvalue weighted by molar-refractivity contribution is 0.117. The summed E-state index contributed by atoms with van der Waals surface area (Å²) >= 11 is 0. The Kier molecular flexibility index (Phi) is 2.29. The van der Waals surface area contributed by atoms with E-state index in [4.69, 9.17) is 10.5 Å². The van der Waals surface area contributed by atoms with E-state index in [0.717, 1.165) is 11.3 Å². The molecule has 1 aliphatic rings. The maximum absolute atomic E-state index is 11.0. The van der Waals surface area contributed by atoms with Crippen LogP contribution in [0.2, 0.25) is 0 Å². The first-order chi connectivity index (χ1) is 7.16. The number of rotatable bonds is 1. The Morgan fingerprint density at radius 2 is 2.07 bits per heavy atom. The summed E-state index contributed by atoms with van der Waals surface area (Å²) in [6.45, 7) is 0.201. The summed E-state index contributed by atoms with van der Waals surface area (Å²) in [5, 5.41) is 5.27. The number of anilines is 1. The minimum absolute atomic E-state index is 0.201. The van der Waals surface area contributed by atoms with Crippen LogP contribution in [0, 0.1) is 0 Å². The van der Waals surface area contributed by atoms with Crippen LogP contribution >= 0.6 is 0 Å². The Hall–Kier alpha value is -2.04. The second-order valence-electron chi connectivity index (χ2n) is 3.25. The molecular formula is C10H11N3O2. The van der Waals surface area contributed by atoms with E-state index in [-0.39, 0.29) is 6.61 Å². The minimum Gasteiger partial charge on any atom is -0.442 e. The number of ether oxygens (including phenoxy) is 1. The summed E-state index contributed by atoms with van der Waals surface area (Å²) in [4.78, 5) is 11.0. The Labute approximate surface area is 87.1 Å². The second kappa shape index (κ2) is 3.61. The molecule has 0 radical (unpaired) electrons. The van der Waals surface area contributed by atoms with Crippen LogP contribution in [0.25, 0.3) is 0 Å². The molecule has 2 rings (SSSR count). The zero-order valence-corrected chi connectivity index (χ0v) is 8.30. The number of hydrogen-bond acceptors (Lipinski definition) is 4. The Morgan fingerprint density at radius 1 is 1.40 bits per heavy atom. The second-order valence-corrected chi connectivity index (χ2v) is 3.25. The molecule has 0 saturated carbocycles. The maximum Gasteiger partial charge on any atom is 0.430 e. The fraction of sp³-hybridized carbons (Fsp3) is 0.200. The number of carbonyl (C=O) groups excluding carboxylic acids is 1. The maximum atomic E-state index is 11.0. The van der Waals surface area contributed by atoms with Gasteiger partial charge in [-0.3, -0.25) is 0 Å². The summed E-state index contributed by atoms with van der Waals surface area (Å²) < 4.78 is 4.91. The van der Waals surface area contributed by atoms with Crippen LogP contribution in [0.5, 0.6) is 0 Å². The molecule has 1 heterocycles. The quantitative estimate of drug-likeness (QED) is 0.697. The first-order valence-electron chi connectivity index (χ1n) is 4.50. The zero-order valence-electron chi connectivity index (χ0n) is 8.30. The van der Waals surface area contributed by atoms with Gasteiger partial charge in [0.15, 0.2) is 0 Å². The molecule has 0 atom stereocenters. The van der Waals surface area contributed by atoms with Crippen LogP contribution in [-0.4, -0.2) is 30.5 Å². The van der Waals surface area contributed by atoms with Gasteiger partial charge in [0.2, 0.25) is 0 Å². The van der Waals surface area contributed by atoms with Crippen molar-refractivity contribution in [3.05, 3.63) is 29.8 Å². The molecule has 0 saturated heterocycles. The summed E-state index contributed by atoms with van der Waals surface area (Å²) in [7, 11) is 1.55. The lowest BCUT2D eigenvalue weighted by Gasteiger charge is -2.19. The van der Waals surface area contributed by atoms with Crippen LogP contribution in [0.1, 0.15) is 5.56 Å². The van der Waals surface area contributed by atoms with Crippen molar-refractivity contribution >= 4 is 17.5 Å². The van der Waals surface area contributed by atoms with E-state index in [1.807, 2.05) is 12.1 Å². The normalized spacial score (nSPS) is 15.9. The standard InChI is InChI=1S/C10H11N3O2/c1-13-10(14)15-6-9(12-13)7-2-4-8(11)5-3-7/h2-5H,6,11H2,1H3. The number of hydrogen-bond donors (Lipinski definition) is 1. The summed E-state index contributed by atoms with van der Waals surface area (Å²) in [5.41, 5.74) is 7.89. The van der Waals surface area contributed by atoms with Gasteiger partial charge in [-0.25, -0.2) is 9.80 Å². The van der Waals surface area contributed by atoms with E-state index in [1.165, 1.54) is 5.01 Å². The van der Waals surface area contributed by atoms with Crippen molar-refractivity contribution in [1.29, 1.82) is 0 Å². The van der Waals surface area contributed by atoms with Gasteiger partial charge in [0.05, 0.1) is 0 Å². The molecule has 1 amide bonds. The lowest BCUT2D eigenvalue weighted by atomic mass is 10.1. The first kappa shape index (κ1) is 9.51. The molecule has 15 heavy (non-hydrogen) atoms. The number of cyclic esters (lactones) is 1. The number of amides is 1. The number of nitrogen functional groups attached to an aromatic ring is 1. The van der Waals surface area contributed by atoms with Gasteiger partial charge in [0, 0.05) is 18.3 Å². The average molecular weight is 205 g/mol. The Morgan fingerprint density at radius 3 is 2.67 bits per heavy atom. The molecule has 1 aromatic carbocycles. The van der Waals surface area contributed by atoms with Crippen molar-refractivity contribution in [3.63, 3.8) is 0 Å². The van der Waals surface area contributed by atoms with E-state index in [2.05, 4.69) is 5.10 Å². The van der Waals surface area contributed by atoms with Gasteiger partial charge >= 0.3 is 6.09 Å². The van der Waals surface area contributed by atoms with Crippen LogP contribution in [-0.2, 0) is 4.74 Å². The van der Waals surface area contributed by atoms with Crippen molar-refractivity contribution in [2.75, 3.05) is 19.4 Å². The predicted octanol–water partition coefficient (Wildman–Crippen LogP) is 1.05. The van der Waals surface area contributed by atoms with Crippen molar-refractivity contribution in [1.82, 2.24) is 5.01 Å². The van der Waals surface area contributed by atoms with Crippen molar-refractivity contribution < 1.29 is 9.53 Å². The van der Waals surface area contributed by atoms with E-state index >= 15 is 0 Å². The molecule has 1 aliphatic heterocycles. The molecule has 0 bridgehead atoms. The zero-order chi connectivity index (χ0) is 10.8. The minimum atomic E-state index is -0.436. The fourth-order valence-corrected chi connectivity index (χ4v) is 1.29. The van der Waals surface area contributed by atoms with Crippen molar-refractivity contribution in [2.24, 2.45) is 5.10 Å². The number of benzene rings is 1. The molecular weight excluding hydrogens is 194 g/mol. The van der Waals surface area contributed by atoms with Crippen LogP contribution in [0.15, 0.2) is 29.4 Å². The third-order valence-electron chi connectivity index (χ3n) is 2.11. The van der Waals surface area contributed by atoms with Gasteiger partial charge < -0.3 is 10.5 Å². The SMILES string of the molecule is CN1N=C(c2ccc(N)cc2)COC1=O. The average Bonchev–Trinajstić information content (AvgIpc) is 2.23. The fourth-order valence-electron chi connectivity index (χ4n) is 1.29. The van der Waals surface area contributed by atoms with E-state index in [9.17, 15) is 4.79 Å². The van der Waals surface area contributed by atoms with Gasteiger partial charge in [-0.2, -0.15) is 5.10 Å². The van der Waals surface area contributed by atoms with Gasteiger partial charge in [0.1, 0.15) is 12.3 Å². The molecule has 2 N–H and O–H groups in total. The largest absolute Gasteiger partial charge is 0.442 e. The van der Waals surface area contributed by atoms with Gasteiger partial charge in [-0.15, -0.1) is 0 Å². The molecule has 0 aromatic heterocycles. The smallest absolute Gasteiger partial charge is 0.430 e. The van der Waals surface area contributed by atoms with Gasteiger partial charge in [0.25, 0.3) is 0 Å². The third-order valence-corrected chi connectivity index (χ3v) is 2.11. The number of hydrazone groups is 1. The molecule has 5 nitrogen and oxygen atoms in total. The van der Waals surface area contributed by atoms with Crippen LogP contribution in [0.3, 0.4) is 0 Å². The highest BCUT2D eigenvalue weighted by molar-refractivity contribution is 6.03. The highest BCUT2D eigenvalue weighted by Gasteiger charge is 2.18. The van der Waals surface area contributed by atoms with Crippen molar-refractivity contribution in [2.45, 2.75) is 0 Å². The number of nitrogens with zero attached hydrogens (tertiary/aromatic N) is 2. The van der Waals surface area contributed by atoms with E-state index in [1.54, 1.807) is 19.2 Å². The van der Waals surface area contributed by atoms with Crippen LogP contribution < -0.4 is 5.73 Å². The molecule has 5 heteroatoms. The highest BCUT2D eigenvalue weighted by atomic mass is 16.6. The number of carbonyl (C=O) groups is 1. The Balaban J connectivity index is 2.28. The Bertz CT molecular complexity index is 411. The van der Waals surface area contributed by atoms with Crippen LogP contribution in [0.4, 0.5) is 10.5 Å². The summed E-state index contributed by atoms with van der Waals surface area (Å²) in [6, 6.07) is 7.27.